The van der Waals surface area contributed by atoms with Crippen molar-refractivity contribution in [2.75, 3.05) is 0 Å². The number of alkyl halides is 2. The Morgan fingerprint density at radius 2 is 1.51 bits per heavy atom. The highest BCUT2D eigenvalue weighted by molar-refractivity contribution is 5.73. The van der Waals surface area contributed by atoms with Crippen molar-refractivity contribution in [3.63, 3.8) is 0 Å². The quantitative estimate of drug-likeness (QED) is 0.209. The molecule has 0 saturated heterocycles. The van der Waals surface area contributed by atoms with Crippen LogP contribution in [0.5, 0.6) is 0 Å². The smallest absolute Gasteiger partial charge is 0.271 e. The van der Waals surface area contributed by atoms with Gasteiger partial charge in [0.05, 0.1) is 23.8 Å². The normalized spacial score (nSPS) is 12.8. The lowest BCUT2D eigenvalue weighted by Crippen LogP contribution is -2.29. The molecule has 0 amide bonds. The highest BCUT2D eigenvalue weighted by atomic mass is 19.3. The van der Waals surface area contributed by atoms with E-state index in [0.29, 0.717) is 34.1 Å². The summed E-state index contributed by atoms with van der Waals surface area (Å²) in [5.74, 6) is -3.81. The summed E-state index contributed by atoms with van der Waals surface area (Å²) in [6.07, 6.45) is 4.15. The van der Waals surface area contributed by atoms with Gasteiger partial charge in [-0.1, -0.05) is 18.2 Å². The van der Waals surface area contributed by atoms with Crippen LogP contribution >= 0.6 is 0 Å². The van der Waals surface area contributed by atoms with E-state index >= 15 is 4.39 Å². The summed E-state index contributed by atoms with van der Waals surface area (Å²) in [6, 6.07) is 12.4. The lowest BCUT2D eigenvalue weighted by molar-refractivity contribution is -0.0217. The highest BCUT2D eigenvalue weighted by Crippen LogP contribution is 2.36. The Labute approximate surface area is 232 Å². The Bertz CT molecular complexity index is 1880. The second-order valence-corrected chi connectivity index (χ2v) is 10.1. The maximum absolute atomic E-state index is 15.5. The minimum atomic E-state index is -3.19. The molecule has 1 aromatic carbocycles. The molecular formula is C30H25F4N7. The van der Waals surface area contributed by atoms with Crippen molar-refractivity contribution in [3.05, 3.63) is 107 Å². The lowest BCUT2D eigenvalue weighted by Gasteiger charge is -2.24. The zero-order valence-electron chi connectivity index (χ0n) is 22.6. The number of pyridine rings is 2. The van der Waals surface area contributed by atoms with Crippen molar-refractivity contribution >= 4 is 5.65 Å². The third-order valence-corrected chi connectivity index (χ3v) is 7.11. The number of nitrogens with zero attached hydrogens (tertiary/aromatic N) is 7. The summed E-state index contributed by atoms with van der Waals surface area (Å²) in [5.41, 5.74) is 4.64. The molecule has 41 heavy (non-hydrogen) atoms. The Hall–Kier alpha value is -4.80. The number of rotatable bonds is 6. The van der Waals surface area contributed by atoms with E-state index in [2.05, 4.69) is 20.2 Å². The average molecular weight is 560 g/mol. The molecule has 5 heterocycles. The molecule has 0 saturated carbocycles. The predicted molar refractivity (Wildman–Crippen MR) is 146 cm³/mol. The van der Waals surface area contributed by atoms with E-state index in [1.807, 2.05) is 30.5 Å². The van der Waals surface area contributed by atoms with Crippen LogP contribution in [-0.2, 0) is 0 Å². The van der Waals surface area contributed by atoms with E-state index in [1.165, 1.54) is 35.2 Å². The molecule has 0 N–H and O–H groups in total. The van der Waals surface area contributed by atoms with Crippen LogP contribution in [-0.4, -0.2) is 39.9 Å². The van der Waals surface area contributed by atoms with E-state index in [4.69, 9.17) is 0 Å². The molecular weight excluding hydrogens is 534 g/mol. The standard InChI is InChI=1S/C30H25F4N7/c1-17-8-9-18(2)41(17)29-37-28-19(3)26(23(32)16-40(28)38-29)25-7-5-6-24(36-25)21-14-35-39(15-21)27(30(4,33)34)20-10-12-22(31)13-11-20/h5-16,27H,1-4H3. The number of benzene rings is 1. The first-order valence-corrected chi connectivity index (χ1v) is 12.9. The largest absolute Gasteiger partial charge is 0.286 e. The van der Waals surface area contributed by atoms with Crippen LogP contribution in [0, 0.1) is 32.4 Å². The molecule has 0 radical (unpaired) electrons. The Balaban J connectivity index is 1.39. The molecule has 7 nitrogen and oxygen atoms in total. The van der Waals surface area contributed by atoms with Gasteiger partial charge >= 0.3 is 0 Å². The number of halogens is 4. The molecule has 0 fully saturated rings. The van der Waals surface area contributed by atoms with Crippen LogP contribution < -0.4 is 0 Å². The van der Waals surface area contributed by atoms with Gasteiger partial charge in [0.15, 0.2) is 11.5 Å². The van der Waals surface area contributed by atoms with Crippen molar-refractivity contribution in [2.24, 2.45) is 0 Å². The third-order valence-electron chi connectivity index (χ3n) is 7.11. The van der Waals surface area contributed by atoms with Crippen LogP contribution in [0.4, 0.5) is 17.6 Å². The first-order valence-electron chi connectivity index (χ1n) is 12.9. The van der Waals surface area contributed by atoms with Crippen LogP contribution in [0.3, 0.4) is 0 Å². The van der Waals surface area contributed by atoms with Gasteiger partial charge in [0.1, 0.15) is 11.9 Å². The Kier molecular flexibility index (Phi) is 6.24. The van der Waals surface area contributed by atoms with E-state index in [9.17, 15) is 13.2 Å². The van der Waals surface area contributed by atoms with E-state index in [-0.39, 0.29) is 11.1 Å². The summed E-state index contributed by atoms with van der Waals surface area (Å²) >= 11 is 0. The predicted octanol–water partition coefficient (Wildman–Crippen LogP) is 6.89. The van der Waals surface area contributed by atoms with E-state index in [0.717, 1.165) is 35.1 Å². The van der Waals surface area contributed by atoms with E-state index < -0.39 is 23.6 Å². The van der Waals surface area contributed by atoms with Crippen molar-refractivity contribution in [1.29, 1.82) is 0 Å². The second-order valence-electron chi connectivity index (χ2n) is 10.1. The van der Waals surface area contributed by atoms with Gasteiger partial charge < -0.3 is 0 Å². The Morgan fingerprint density at radius 1 is 0.829 bits per heavy atom. The fourth-order valence-electron chi connectivity index (χ4n) is 5.18. The molecule has 11 heteroatoms. The fraction of sp³-hybridized carbons (Fsp3) is 0.200. The molecule has 0 bridgehead atoms. The summed E-state index contributed by atoms with van der Waals surface area (Å²) in [5, 5.41) is 8.67. The van der Waals surface area contributed by atoms with Gasteiger partial charge in [-0.3, -0.25) is 9.25 Å². The first kappa shape index (κ1) is 26.4. The zero-order chi connectivity index (χ0) is 29.1. The van der Waals surface area contributed by atoms with Gasteiger partial charge in [-0.2, -0.15) is 10.1 Å². The molecule has 1 atom stereocenters. The van der Waals surface area contributed by atoms with Gasteiger partial charge in [0.25, 0.3) is 11.9 Å². The Morgan fingerprint density at radius 3 is 2.20 bits per heavy atom. The van der Waals surface area contributed by atoms with Crippen molar-refractivity contribution in [3.8, 4) is 28.5 Å². The summed E-state index contributed by atoms with van der Waals surface area (Å²) in [6.45, 7) is 6.43. The first-order chi connectivity index (χ1) is 19.5. The molecule has 0 aliphatic heterocycles. The van der Waals surface area contributed by atoms with Gasteiger partial charge in [-0.15, -0.1) is 5.10 Å². The molecule has 0 aliphatic rings. The van der Waals surface area contributed by atoms with Gasteiger partial charge in [-0.25, -0.2) is 27.1 Å². The lowest BCUT2D eigenvalue weighted by atomic mass is 10.0. The van der Waals surface area contributed by atoms with Crippen molar-refractivity contribution in [2.45, 2.75) is 39.7 Å². The maximum atomic E-state index is 15.5. The molecule has 1 unspecified atom stereocenters. The number of fused-ring (bicyclic) bond motifs is 1. The van der Waals surface area contributed by atoms with Gasteiger partial charge in [-0.05, 0) is 62.7 Å². The minimum absolute atomic E-state index is 0.208. The number of hydrogen-bond acceptors (Lipinski definition) is 4. The second kappa shape index (κ2) is 9.69. The highest BCUT2D eigenvalue weighted by Gasteiger charge is 2.37. The van der Waals surface area contributed by atoms with Crippen molar-refractivity contribution < 1.29 is 17.6 Å². The third kappa shape index (κ3) is 4.66. The summed E-state index contributed by atoms with van der Waals surface area (Å²) in [7, 11) is 0. The van der Waals surface area contributed by atoms with Crippen molar-refractivity contribution in [1.82, 2.24) is 33.9 Å². The SMILES string of the molecule is Cc1c(-c2cccc(-c3cnn(C(c4ccc(F)cc4)C(C)(F)F)c3)n2)c(F)cn2nc(-n3c(C)ccc3C)nc12. The van der Waals surface area contributed by atoms with Gasteiger partial charge in [0, 0.05) is 41.2 Å². The maximum Gasteiger partial charge on any atom is 0.271 e. The van der Waals surface area contributed by atoms with Gasteiger partial charge in [0.2, 0.25) is 0 Å². The number of aromatic nitrogens is 7. The average Bonchev–Trinajstić information content (AvgIpc) is 3.64. The number of hydrogen-bond donors (Lipinski definition) is 0. The van der Waals surface area contributed by atoms with Crippen LogP contribution in [0.15, 0.2) is 73.2 Å². The topological polar surface area (TPSA) is 65.8 Å². The molecule has 0 aliphatic carbocycles. The fourth-order valence-corrected chi connectivity index (χ4v) is 5.18. The molecule has 208 valence electrons. The van der Waals surface area contributed by atoms with Crippen LogP contribution in [0.1, 0.15) is 35.5 Å². The molecule has 5 aromatic heterocycles. The monoisotopic (exact) mass is 559 g/mol. The number of aryl methyl sites for hydroxylation is 3. The van der Waals surface area contributed by atoms with Crippen LogP contribution in [0.2, 0.25) is 0 Å². The molecule has 0 spiro atoms. The summed E-state index contributed by atoms with van der Waals surface area (Å²) < 4.78 is 62.7. The molecule has 6 rings (SSSR count). The zero-order valence-corrected chi connectivity index (χ0v) is 22.6. The molecule has 6 aromatic rings. The van der Waals surface area contributed by atoms with Crippen LogP contribution in [0.25, 0.3) is 34.1 Å². The minimum Gasteiger partial charge on any atom is -0.286 e. The summed E-state index contributed by atoms with van der Waals surface area (Å²) in [4.78, 5) is 9.33. The van der Waals surface area contributed by atoms with E-state index in [1.54, 1.807) is 25.1 Å².